The number of hydrogen-bond acceptors (Lipinski definition) is 4. The molecule has 3 N–H and O–H groups in total. The van der Waals surface area contributed by atoms with Crippen LogP contribution in [0.15, 0.2) is 35.5 Å². The molecule has 0 radical (unpaired) electrons. The van der Waals surface area contributed by atoms with Crippen LogP contribution in [-0.2, 0) is 20.9 Å². The van der Waals surface area contributed by atoms with Crippen LogP contribution in [0.2, 0.25) is 0 Å². The second kappa shape index (κ2) is 8.75. The normalized spacial score (nSPS) is 13.3. The van der Waals surface area contributed by atoms with Crippen molar-refractivity contribution >= 4 is 40.4 Å². The van der Waals surface area contributed by atoms with E-state index in [-0.39, 0.29) is 18.1 Å². The van der Waals surface area contributed by atoms with E-state index in [1.807, 2.05) is 42.0 Å². The molecule has 0 saturated carbocycles. The quantitative estimate of drug-likeness (QED) is 0.578. The van der Waals surface area contributed by atoms with Crippen LogP contribution in [-0.4, -0.2) is 44.4 Å². The number of nitrogens with zero attached hydrogens (tertiary/aromatic N) is 1. The van der Waals surface area contributed by atoms with Crippen LogP contribution in [0.25, 0.3) is 10.8 Å². The fraction of sp³-hybridized carbons (Fsp3) is 0.389. The van der Waals surface area contributed by atoms with Crippen molar-refractivity contribution < 1.29 is 24.6 Å². The van der Waals surface area contributed by atoms with Crippen LogP contribution in [0.1, 0.15) is 20.3 Å². The lowest BCUT2D eigenvalue weighted by Gasteiger charge is -2.16. The van der Waals surface area contributed by atoms with Crippen LogP contribution < -0.4 is 5.32 Å². The van der Waals surface area contributed by atoms with Gasteiger partial charge >= 0.3 is 11.9 Å². The van der Waals surface area contributed by atoms with E-state index in [1.54, 1.807) is 0 Å². The van der Waals surface area contributed by atoms with E-state index in [9.17, 15) is 19.5 Å². The molecule has 1 aromatic carbocycles. The van der Waals surface area contributed by atoms with Crippen molar-refractivity contribution in [2.24, 2.45) is 5.92 Å². The van der Waals surface area contributed by atoms with Gasteiger partial charge in [0.05, 0.1) is 5.03 Å². The molecule has 0 spiro atoms. The molecular formula is C18H22N2O5S. The van der Waals surface area contributed by atoms with Gasteiger partial charge in [0.2, 0.25) is 5.91 Å². The number of benzene rings is 1. The Bertz CT molecular complexity index is 817. The third kappa shape index (κ3) is 5.26. The Morgan fingerprint density at radius 1 is 1.23 bits per heavy atom. The first-order valence-corrected chi connectivity index (χ1v) is 9.19. The molecule has 0 saturated heterocycles. The van der Waals surface area contributed by atoms with Crippen LogP contribution in [0, 0.1) is 5.92 Å². The van der Waals surface area contributed by atoms with Crippen molar-refractivity contribution in [3.8, 4) is 0 Å². The molecule has 140 valence electrons. The van der Waals surface area contributed by atoms with E-state index in [4.69, 9.17) is 5.11 Å². The van der Waals surface area contributed by atoms with Gasteiger partial charge in [0.25, 0.3) is 0 Å². The number of carboxylic acids is 2. The minimum atomic E-state index is -1.09. The van der Waals surface area contributed by atoms with Gasteiger partial charge in [-0.2, -0.15) is 0 Å². The molecule has 0 bridgehead atoms. The van der Waals surface area contributed by atoms with Crippen molar-refractivity contribution in [3.63, 3.8) is 0 Å². The Morgan fingerprint density at radius 2 is 1.92 bits per heavy atom. The minimum Gasteiger partial charge on any atom is -0.481 e. The van der Waals surface area contributed by atoms with Gasteiger partial charge in [-0.3, -0.25) is 9.59 Å². The molecule has 1 amide bonds. The molecule has 7 nitrogen and oxygen atoms in total. The first kappa shape index (κ1) is 19.8. The Morgan fingerprint density at radius 3 is 2.54 bits per heavy atom. The van der Waals surface area contributed by atoms with Crippen molar-refractivity contribution in [3.05, 3.63) is 30.5 Å². The van der Waals surface area contributed by atoms with Gasteiger partial charge in [0.15, 0.2) is 0 Å². The standard InChI is InChI=1S/C18H22N2O5S/c1-11(7-16(22)23)8-20-9-13-5-3-4-6-14(13)17(20)26-10-15(18(24)25)19-12(2)21/h3-6,9,11,15H,7-8,10H2,1-2H3,(H,19,21)(H,22,23)(H,24,25)/t11-,15+/m1/s1. The lowest BCUT2D eigenvalue weighted by Crippen LogP contribution is -2.41. The van der Waals surface area contributed by atoms with E-state index in [0.29, 0.717) is 6.54 Å². The largest absolute Gasteiger partial charge is 0.481 e. The number of hydrogen-bond donors (Lipinski definition) is 3. The molecule has 8 heteroatoms. The van der Waals surface area contributed by atoms with Crippen molar-refractivity contribution in [1.29, 1.82) is 0 Å². The Balaban J connectivity index is 2.25. The number of carbonyl (C=O) groups excluding carboxylic acids is 1. The zero-order valence-electron chi connectivity index (χ0n) is 14.6. The van der Waals surface area contributed by atoms with E-state index in [0.717, 1.165) is 15.8 Å². The summed E-state index contributed by atoms with van der Waals surface area (Å²) < 4.78 is 1.97. The smallest absolute Gasteiger partial charge is 0.327 e. The molecular weight excluding hydrogens is 356 g/mol. The molecule has 0 aliphatic carbocycles. The Kier molecular flexibility index (Phi) is 6.68. The summed E-state index contributed by atoms with van der Waals surface area (Å²) in [5.41, 5.74) is 0. The molecule has 0 aliphatic rings. The van der Waals surface area contributed by atoms with E-state index < -0.39 is 23.9 Å². The highest BCUT2D eigenvalue weighted by Crippen LogP contribution is 2.31. The lowest BCUT2D eigenvalue weighted by atomic mass is 10.1. The third-order valence-electron chi connectivity index (χ3n) is 3.84. The molecule has 0 unspecified atom stereocenters. The summed E-state index contributed by atoms with van der Waals surface area (Å²) in [7, 11) is 0. The number of carbonyl (C=O) groups is 3. The van der Waals surface area contributed by atoms with Crippen molar-refractivity contribution in [2.45, 2.75) is 37.9 Å². The number of thioether (sulfide) groups is 1. The maximum atomic E-state index is 11.3. The van der Waals surface area contributed by atoms with Gasteiger partial charge in [-0.05, 0) is 5.92 Å². The van der Waals surface area contributed by atoms with E-state index >= 15 is 0 Å². The van der Waals surface area contributed by atoms with Crippen LogP contribution in [0.4, 0.5) is 0 Å². The summed E-state index contributed by atoms with van der Waals surface area (Å²) in [6.45, 7) is 3.66. The van der Waals surface area contributed by atoms with Gasteiger partial charge in [0.1, 0.15) is 6.04 Å². The highest BCUT2D eigenvalue weighted by atomic mass is 32.2. The van der Waals surface area contributed by atoms with Crippen LogP contribution in [0.5, 0.6) is 0 Å². The first-order chi connectivity index (χ1) is 12.3. The molecule has 0 aliphatic heterocycles. The lowest BCUT2D eigenvalue weighted by molar-refractivity contribution is -0.140. The summed E-state index contributed by atoms with van der Waals surface area (Å²) in [6.07, 6.45) is 2.01. The highest BCUT2D eigenvalue weighted by Gasteiger charge is 2.21. The molecule has 1 aromatic heterocycles. The molecule has 2 atom stereocenters. The van der Waals surface area contributed by atoms with Gasteiger partial charge in [-0.25, -0.2) is 4.79 Å². The number of aliphatic carboxylic acids is 2. The Labute approximate surface area is 155 Å². The van der Waals surface area contributed by atoms with E-state index in [1.165, 1.54) is 18.7 Å². The van der Waals surface area contributed by atoms with Crippen molar-refractivity contribution in [2.75, 3.05) is 5.75 Å². The second-order valence-electron chi connectivity index (χ2n) is 6.28. The SMILES string of the molecule is CC(=O)N[C@@H](CSc1c2ccccc2cn1C[C@H](C)CC(=O)O)C(=O)O. The van der Waals surface area contributed by atoms with Gasteiger partial charge in [0, 0.05) is 42.6 Å². The number of carboxylic acid groups (broad SMARTS) is 2. The number of fused-ring (bicyclic) bond motifs is 1. The summed E-state index contributed by atoms with van der Waals surface area (Å²) in [5.74, 6) is -2.22. The Hall–Kier alpha value is -2.48. The van der Waals surface area contributed by atoms with Gasteiger partial charge < -0.3 is 20.1 Å². The third-order valence-corrected chi connectivity index (χ3v) is 5.07. The average Bonchev–Trinajstić information content (AvgIpc) is 2.87. The molecule has 26 heavy (non-hydrogen) atoms. The number of amides is 1. The van der Waals surface area contributed by atoms with E-state index in [2.05, 4.69) is 5.32 Å². The highest BCUT2D eigenvalue weighted by molar-refractivity contribution is 7.99. The zero-order chi connectivity index (χ0) is 19.3. The topological polar surface area (TPSA) is 109 Å². The fourth-order valence-corrected chi connectivity index (χ4v) is 3.95. The maximum absolute atomic E-state index is 11.3. The monoisotopic (exact) mass is 378 g/mol. The first-order valence-electron chi connectivity index (χ1n) is 8.20. The maximum Gasteiger partial charge on any atom is 0.327 e. The summed E-state index contributed by atoms with van der Waals surface area (Å²) >= 11 is 1.34. The molecule has 2 rings (SSSR count). The summed E-state index contributed by atoms with van der Waals surface area (Å²) in [6, 6.07) is 6.74. The predicted octanol–water partition coefficient (Wildman–Crippen LogP) is 2.43. The second-order valence-corrected chi connectivity index (χ2v) is 7.29. The van der Waals surface area contributed by atoms with Gasteiger partial charge in [-0.15, -0.1) is 11.8 Å². The minimum absolute atomic E-state index is 0.0578. The average molecular weight is 378 g/mol. The van der Waals surface area contributed by atoms with Crippen LogP contribution in [0.3, 0.4) is 0 Å². The fourth-order valence-electron chi connectivity index (χ4n) is 2.76. The van der Waals surface area contributed by atoms with Gasteiger partial charge in [-0.1, -0.05) is 31.2 Å². The zero-order valence-corrected chi connectivity index (χ0v) is 15.5. The summed E-state index contributed by atoms with van der Waals surface area (Å²) in [4.78, 5) is 33.5. The number of rotatable bonds is 9. The van der Waals surface area contributed by atoms with Crippen molar-refractivity contribution in [1.82, 2.24) is 9.88 Å². The predicted molar refractivity (Wildman–Crippen MR) is 99.3 cm³/mol. The molecule has 0 fully saturated rings. The molecule has 2 aromatic rings. The number of nitrogens with one attached hydrogen (secondary N) is 1. The summed E-state index contributed by atoms with van der Waals surface area (Å²) in [5, 5.41) is 23.5. The van der Waals surface area contributed by atoms with Crippen LogP contribution >= 0.6 is 11.8 Å². The number of aromatic nitrogens is 1. The molecule has 1 heterocycles.